The lowest BCUT2D eigenvalue weighted by Crippen LogP contribution is -2.35. The third-order valence-corrected chi connectivity index (χ3v) is 5.00. The first-order chi connectivity index (χ1) is 13.1. The van der Waals surface area contributed by atoms with Gasteiger partial charge in [0, 0.05) is 5.02 Å². The normalized spacial score (nSPS) is 15.9. The average molecular weight is 402 g/mol. The van der Waals surface area contributed by atoms with E-state index in [2.05, 4.69) is 0 Å². The largest absolute Gasteiger partial charge is 0.465 e. The lowest BCUT2D eigenvalue weighted by atomic mass is 9.92. The minimum absolute atomic E-state index is 0.126. The maximum Gasteiger partial charge on any atom is 0.411 e. The number of carbonyl (C=O) groups is 2. The van der Waals surface area contributed by atoms with E-state index in [0.29, 0.717) is 17.1 Å². The van der Waals surface area contributed by atoms with Crippen molar-refractivity contribution >= 4 is 23.7 Å². The maximum atomic E-state index is 12.7. The maximum absolute atomic E-state index is 12.7. The van der Waals surface area contributed by atoms with Crippen molar-refractivity contribution in [1.29, 1.82) is 0 Å². The number of nitrogens with zero attached hydrogens (tertiary/aromatic N) is 1. The summed E-state index contributed by atoms with van der Waals surface area (Å²) in [6.45, 7) is 7.93. The van der Waals surface area contributed by atoms with Crippen LogP contribution in [0, 0.1) is 0 Å². The van der Waals surface area contributed by atoms with E-state index in [0.717, 1.165) is 22.3 Å². The number of methoxy groups -OCH3 is 1. The van der Waals surface area contributed by atoms with Gasteiger partial charge in [-0.25, -0.2) is 9.59 Å². The molecule has 2 aromatic carbocycles. The van der Waals surface area contributed by atoms with Crippen molar-refractivity contribution in [3.05, 3.63) is 58.1 Å². The molecular weight excluding hydrogens is 378 g/mol. The Kier molecular flexibility index (Phi) is 5.39. The summed E-state index contributed by atoms with van der Waals surface area (Å²) in [4.78, 5) is 26.7. The highest BCUT2D eigenvalue weighted by Crippen LogP contribution is 2.41. The highest BCUT2D eigenvalue weighted by atomic mass is 35.5. The number of rotatable bonds is 2. The molecule has 1 atom stereocenters. The number of hydrogen-bond donors (Lipinski definition) is 0. The third kappa shape index (κ3) is 3.85. The second kappa shape index (κ2) is 7.47. The fourth-order valence-electron chi connectivity index (χ4n) is 3.47. The fourth-order valence-corrected chi connectivity index (χ4v) is 3.65. The van der Waals surface area contributed by atoms with Crippen LogP contribution < -0.4 is 0 Å². The highest BCUT2D eigenvalue weighted by Gasteiger charge is 2.35. The zero-order valence-corrected chi connectivity index (χ0v) is 17.5. The van der Waals surface area contributed by atoms with Crippen molar-refractivity contribution in [1.82, 2.24) is 4.90 Å². The van der Waals surface area contributed by atoms with Crippen LogP contribution in [0.1, 0.15) is 55.2 Å². The van der Waals surface area contributed by atoms with E-state index in [1.54, 1.807) is 17.0 Å². The first kappa shape index (κ1) is 20.2. The van der Waals surface area contributed by atoms with Gasteiger partial charge in [-0.2, -0.15) is 0 Å². The number of fused-ring (bicyclic) bond motifs is 1. The highest BCUT2D eigenvalue weighted by molar-refractivity contribution is 6.31. The van der Waals surface area contributed by atoms with Gasteiger partial charge < -0.3 is 9.47 Å². The van der Waals surface area contributed by atoms with Gasteiger partial charge in [0.25, 0.3) is 0 Å². The van der Waals surface area contributed by atoms with E-state index in [1.807, 2.05) is 52.0 Å². The monoisotopic (exact) mass is 401 g/mol. The number of halogens is 1. The summed E-state index contributed by atoms with van der Waals surface area (Å²) in [5.74, 6) is -0.454. The zero-order chi connectivity index (χ0) is 20.6. The van der Waals surface area contributed by atoms with Gasteiger partial charge in [-0.1, -0.05) is 35.9 Å². The van der Waals surface area contributed by atoms with Crippen LogP contribution >= 0.6 is 11.6 Å². The molecule has 0 aliphatic carbocycles. The Morgan fingerprint density at radius 3 is 2.50 bits per heavy atom. The van der Waals surface area contributed by atoms with Crippen LogP contribution in [0.25, 0.3) is 11.1 Å². The molecule has 28 heavy (non-hydrogen) atoms. The van der Waals surface area contributed by atoms with E-state index in [1.165, 1.54) is 7.11 Å². The molecule has 0 N–H and O–H groups in total. The van der Waals surface area contributed by atoms with E-state index in [4.69, 9.17) is 21.1 Å². The smallest absolute Gasteiger partial charge is 0.411 e. The Hall–Kier alpha value is -2.53. The number of esters is 1. The van der Waals surface area contributed by atoms with Crippen LogP contribution in [-0.2, 0) is 16.0 Å². The summed E-state index contributed by atoms with van der Waals surface area (Å²) in [6.07, 6.45) is -0.355. The van der Waals surface area contributed by atoms with Gasteiger partial charge in [0.1, 0.15) is 5.60 Å². The predicted molar refractivity (Wildman–Crippen MR) is 108 cm³/mol. The number of carbonyl (C=O) groups excluding carboxylic acids is 2. The number of hydrogen-bond acceptors (Lipinski definition) is 4. The Labute approximate surface area is 170 Å². The molecule has 1 amide bonds. The zero-order valence-electron chi connectivity index (χ0n) is 16.7. The lowest BCUT2D eigenvalue weighted by molar-refractivity contribution is 0.0187. The number of benzene rings is 2. The van der Waals surface area contributed by atoms with Gasteiger partial charge in [0.05, 0.1) is 25.3 Å². The number of ether oxygens (including phenoxy) is 2. The van der Waals surface area contributed by atoms with Gasteiger partial charge >= 0.3 is 12.1 Å². The van der Waals surface area contributed by atoms with Crippen molar-refractivity contribution in [2.75, 3.05) is 7.11 Å². The molecule has 2 aromatic rings. The summed E-state index contributed by atoms with van der Waals surface area (Å²) in [7, 11) is 1.34. The molecule has 0 radical (unpaired) electrons. The van der Waals surface area contributed by atoms with Gasteiger partial charge in [-0.05, 0) is 62.1 Å². The minimum atomic E-state index is -0.567. The molecule has 1 aliphatic heterocycles. The SMILES string of the molecule is COC(=O)c1cc(Cl)ccc1-c1cccc2c1CN(C(=O)OC(C)(C)C)C2C. The fraction of sp³-hybridized carbons (Fsp3) is 0.364. The topological polar surface area (TPSA) is 55.8 Å². The molecular formula is C22H24ClNO4. The molecule has 0 saturated heterocycles. The van der Waals surface area contributed by atoms with E-state index in [9.17, 15) is 9.59 Å². The summed E-state index contributed by atoms with van der Waals surface area (Å²) in [6, 6.07) is 10.9. The Balaban J connectivity index is 2.05. The molecule has 1 heterocycles. The molecule has 0 aromatic heterocycles. The second-order valence-electron chi connectivity index (χ2n) is 7.84. The van der Waals surface area contributed by atoms with Gasteiger partial charge in [-0.15, -0.1) is 0 Å². The standard InChI is InChI=1S/C22H24ClNO4/c1-13-15-7-6-8-16(17-10-9-14(23)11-18(17)20(25)27-5)19(15)12-24(13)21(26)28-22(2,3)4/h6-11,13H,12H2,1-5H3. The van der Waals surface area contributed by atoms with Crippen molar-refractivity contribution in [3.63, 3.8) is 0 Å². The molecule has 0 saturated carbocycles. The van der Waals surface area contributed by atoms with E-state index >= 15 is 0 Å². The Morgan fingerprint density at radius 1 is 1.14 bits per heavy atom. The lowest BCUT2D eigenvalue weighted by Gasteiger charge is -2.27. The Bertz CT molecular complexity index is 933. The Morgan fingerprint density at radius 2 is 1.86 bits per heavy atom. The van der Waals surface area contributed by atoms with Crippen molar-refractivity contribution in [2.24, 2.45) is 0 Å². The van der Waals surface area contributed by atoms with Crippen LogP contribution in [-0.4, -0.2) is 29.7 Å². The van der Waals surface area contributed by atoms with Crippen molar-refractivity contribution < 1.29 is 19.1 Å². The number of amides is 1. The molecule has 0 bridgehead atoms. The van der Waals surface area contributed by atoms with Crippen LogP contribution in [0.15, 0.2) is 36.4 Å². The molecule has 148 valence electrons. The predicted octanol–water partition coefficient (Wildman–Crippen LogP) is 5.61. The van der Waals surface area contributed by atoms with Crippen LogP contribution in [0.5, 0.6) is 0 Å². The molecule has 1 aliphatic rings. The minimum Gasteiger partial charge on any atom is -0.465 e. The van der Waals surface area contributed by atoms with Crippen LogP contribution in [0.2, 0.25) is 5.02 Å². The van der Waals surface area contributed by atoms with Crippen LogP contribution in [0.4, 0.5) is 4.79 Å². The van der Waals surface area contributed by atoms with Gasteiger partial charge in [0.2, 0.25) is 0 Å². The molecule has 1 unspecified atom stereocenters. The van der Waals surface area contributed by atoms with Gasteiger partial charge in [0.15, 0.2) is 0 Å². The molecule has 0 spiro atoms. The average Bonchev–Trinajstić information content (AvgIpc) is 2.97. The van der Waals surface area contributed by atoms with Crippen LogP contribution in [0.3, 0.4) is 0 Å². The third-order valence-electron chi connectivity index (χ3n) is 4.76. The first-order valence-electron chi connectivity index (χ1n) is 9.12. The van der Waals surface area contributed by atoms with Crippen molar-refractivity contribution in [3.8, 4) is 11.1 Å². The summed E-state index contributed by atoms with van der Waals surface area (Å²) < 4.78 is 10.5. The quantitative estimate of drug-likeness (QED) is 0.614. The summed E-state index contributed by atoms with van der Waals surface area (Å²) in [5, 5.41) is 0.459. The summed E-state index contributed by atoms with van der Waals surface area (Å²) >= 11 is 6.09. The van der Waals surface area contributed by atoms with E-state index < -0.39 is 11.6 Å². The molecule has 0 fully saturated rings. The molecule has 5 nitrogen and oxygen atoms in total. The second-order valence-corrected chi connectivity index (χ2v) is 8.28. The molecule has 3 rings (SSSR count). The van der Waals surface area contributed by atoms with Gasteiger partial charge in [-0.3, -0.25) is 4.90 Å². The first-order valence-corrected chi connectivity index (χ1v) is 9.50. The molecule has 6 heteroatoms. The summed E-state index contributed by atoms with van der Waals surface area (Å²) in [5.41, 5.74) is 3.47. The van der Waals surface area contributed by atoms with E-state index in [-0.39, 0.29) is 12.1 Å². The van der Waals surface area contributed by atoms with Crippen molar-refractivity contribution in [2.45, 2.75) is 45.9 Å².